The van der Waals surface area contributed by atoms with E-state index in [2.05, 4.69) is 92.1 Å². The molecule has 0 aromatic heterocycles. The lowest BCUT2D eigenvalue weighted by Gasteiger charge is -2.29. The number of carbonyl (C=O) groups excluding carboxylic acids is 1. The standard InChI is InChI=1S/C67H123N2O6P/c1-6-8-10-12-14-16-18-20-22-24-25-26-27-28-29-30-31-32-33-34-35-36-37-38-39-40-41-42-43-45-47-49-51-53-55-57-59-61-67(71)68-65(64-75-76(72,73)74-63-62-69(3,4)5)66(70)60-58-56-54-52-50-48-46-44-23-21-19-17-15-13-11-9-7-2/h8,10,14,16,20,22-23,25-26,44,50,52,58,60,65-66,70H,6-7,9,11-13,15,17-19,21,24,27-43,45-49,51,53-57,59,61-64H2,1-5H3,(H-,68,71,72,73)/b10-8-,16-14-,22-20-,26-25-,44-23+,52-50+,60-58+. The number of phosphoric ester groups is 1. The van der Waals surface area contributed by atoms with E-state index in [4.69, 9.17) is 9.05 Å². The van der Waals surface area contributed by atoms with Gasteiger partial charge in [-0.3, -0.25) is 9.36 Å². The quantitative estimate of drug-likeness (QED) is 0.0272. The van der Waals surface area contributed by atoms with Gasteiger partial charge in [-0.25, -0.2) is 0 Å². The fourth-order valence-corrected chi connectivity index (χ4v) is 9.84. The zero-order chi connectivity index (χ0) is 55.6. The smallest absolute Gasteiger partial charge is 0.268 e. The van der Waals surface area contributed by atoms with E-state index in [9.17, 15) is 19.4 Å². The Kier molecular flexibility index (Phi) is 55.6. The fraction of sp³-hybridized carbons (Fsp3) is 0.776. The van der Waals surface area contributed by atoms with Crippen LogP contribution in [0, 0.1) is 0 Å². The van der Waals surface area contributed by atoms with Crippen molar-refractivity contribution in [2.24, 2.45) is 0 Å². The van der Waals surface area contributed by atoms with E-state index >= 15 is 0 Å². The SMILES string of the molecule is CC/C=C\C/C=C\C/C=C\C/C=C\CCCCCCCCCCCCCCCCCCCCCCCCCCC(=O)NC(COP(=O)([O-])OCC[N+](C)(C)C)C(O)/C=C/CC/C=C/CC/C=C/CCCCCCCCC. The molecule has 0 fully saturated rings. The number of phosphoric acid groups is 1. The summed E-state index contributed by atoms with van der Waals surface area (Å²) < 4.78 is 23.3. The van der Waals surface area contributed by atoms with E-state index in [1.54, 1.807) is 6.08 Å². The van der Waals surface area contributed by atoms with Crippen LogP contribution in [0.5, 0.6) is 0 Å². The van der Waals surface area contributed by atoms with Crippen LogP contribution in [-0.2, 0) is 18.4 Å². The van der Waals surface area contributed by atoms with Crippen LogP contribution in [0.4, 0.5) is 0 Å². The highest BCUT2D eigenvalue weighted by Crippen LogP contribution is 2.38. The van der Waals surface area contributed by atoms with Crippen LogP contribution in [-0.4, -0.2) is 68.5 Å². The van der Waals surface area contributed by atoms with Crippen LogP contribution in [0.15, 0.2) is 85.1 Å². The Bertz CT molecular complexity index is 1510. The van der Waals surface area contributed by atoms with Crippen molar-refractivity contribution in [1.82, 2.24) is 5.32 Å². The summed E-state index contributed by atoms with van der Waals surface area (Å²) >= 11 is 0. The lowest BCUT2D eigenvalue weighted by molar-refractivity contribution is -0.870. The Balaban J connectivity index is 4.01. The lowest BCUT2D eigenvalue weighted by Crippen LogP contribution is -2.45. The van der Waals surface area contributed by atoms with Crippen molar-refractivity contribution < 1.29 is 32.9 Å². The van der Waals surface area contributed by atoms with Crippen LogP contribution in [0.3, 0.4) is 0 Å². The molecule has 0 aliphatic heterocycles. The molecule has 0 heterocycles. The van der Waals surface area contributed by atoms with Gasteiger partial charge in [-0.2, -0.15) is 0 Å². The van der Waals surface area contributed by atoms with Gasteiger partial charge in [-0.1, -0.05) is 279 Å². The third-order valence-corrected chi connectivity index (χ3v) is 15.0. The second-order valence-electron chi connectivity index (χ2n) is 22.7. The van der Waals surface area contributed by atoms with E-state index < -0.39 is 26.6 Å². The van der Waals surface area contributed by atoms with Crippen LogP contribution >= 0.6 is 7.82 Å². The normalized spacial score (nSPS) is 14.4. The van der Waals surface area contributed by atoms with E-state index in [-0.39, 0.29) is 12.5 Å². The topological polar surface area (TPSA) is 108 Å². The number of nitrogens with zero attached hydrogens (tertiary/aromatic N) is 1. The summed E-state index contributed by atoms with van der Waals surface area (Å²) in [6, 6.07) is -0.911. The van der Waals surface area contributed by atoms with Gasteiger partial charge in [0.1, 0.15) is 13.2 Å². The van der Waals surface area contributed by atoms with Gasteiger partial charge < -0.3 is 28.8 Å². The van der Waals surface area contributed by atoms with Gasteiger partial charge in [-0.05, 0) is 83.5 Å². The van der Waals surface area contributed by atoms with Gasteiger partial charge in [0.05, 0.1) is 39.9 Å². The van der Waals surface area contributed by atoms with Crippen molar-refractivity contribution in [3.63, 3.8) is 0 Å². The molecule has 8 nitrogen and oxygen atoms in total. The molecule has 2 N–H and O–H groups in total. The summed E-state index contributed by atoms with van der Waals surface area (Å²) in [7, 11) is 1.24. The minimum atomic E-state index is -4.61. The van der Waals surface area contributed by atoms with Crippen molar-refractivity contribution in [1.29, 1.82) is 0 Å². The number of hydrogen-bond donors (Lipinski definition) is 2. The van der Waals surface area contributed by atoms with Gasteiger partial charge >= 0.3 is 0 Å². The first-order chi connectivity index (χ1) is 37.0. The molecule has 0 bridgehead atoms. The molecule has 0 saturated carbocycles. The van der Waals surface area contributed by atoms with Crippen LogP contribution < -0.4 is 10.2 Å². The number of carbonyl (C=O) groups is 1. The Hall–Kier alpha value is -2.32. The van der Waals surface area contributed by atoms with Crippen molar-refractivity contribution in [3.05, 3.63) is 85.1 Å². The third kappa shape index (κ3) is 59.3. The molecule has 0 aromatic carbocycles. The number of likely N-dealkylation sites (N-methyl/N-ethyl adjacent to an activating group) is 1. The average molecular weight is 1080 g/mol. The molecule has 1 amide bonds. The molecule has 76 heavy (non-hydrogen) atoms. The molecule has 3 unspecified atom stereocenters. The summed E-state index contributed by atoms with van der Waals surface area (Å²) in [5.74, 6) is -0.209. The van der Waals surface area contributed by atoms with Crippen LogP contribution in [0.1, 0.15) is 284 Å². The molecule has 0 rings (SSSR count). The molecule has 0 aliphatic rings. The number of quaternary nitrogens is 1. The Morgan fingerprint density at radius 3 is 1.22 bits per heavy atom. The molecule has 0 aromatic rings. The molecular weight excluding hydrogens is 960 g/mol. The third-order valence-electron chi connectivity index (χ3n) is 14.1. The minimum Gasteiger partial charge on any atom is -0.756 e. The maximum atomic E-state index is 13.0. The lowest BCUT2D eigenvalue weighted by atomic mass is 10.0. The zero-order valence-corrected chi connectivity index (χ0v) is 51.3. The van der Waals surface area contributed by atoms with Gasteiger partial charge in [0.2, 0.25) is 5.91 Å². The highest BCUT2D eigenvalue weighted by molar-refractivity contribution is 7.45. The molecular formula is C67H123N2O6P. The summed E-state index contributed by atoms with van der Waals surface area (Å²) in [6.45, 7) is 4.52. The van der Waals surface area contributed by atoms with Crippen LogP contribution in [0.2, 0.25) is 0 Å². The highest BCUT2D eigenvalue weighted by Gasteiger charge is 2.23. The number of aliphatic hydroxyl groups excluding tert-OH is 1. The summed E-state index contributed by atoms with van der Waals surface area (Å²) in [5, 5.41) is 13.9. The minimum absolute atomic E-state index is 0.00990. The average Bonchev–Trinajstić information content (AvgIpc) is 3.38. The Morgan fingerprint density at radius 1 is 0.474 bits per heavy atom. The molecule has 3 atom stereocenters. The molecule has 0 saturated heterocycles. The largest absolute Gasteiger partial charge is 0.756 e. The predicted octanol–water partition coefficient (Wildman–Crippen LogP) is 19.4. The van der Waals surface area contributed by atoms with E-state index in [1.165, 1.54) is 193 Å². The van der Waals surface area contributed by atoms with Crippen molar-refractivity contribution >= 4 is 13.7 Å². The Labute approximate surface area is 471 Å². The molecule has 0 aliphatic carbocycles. The number of amides is 1. The maximum absolute atomic E-state index is 13.0. The van der Waals surface area contributed by atoms with Gasteiger partial charge in [0, 0.05) is 6.42 Å². The first-order valence-electron chi connectivity index (χ1n) is 31.9. The maximum Gasteiger partial charge on any atom is 0.268 e. The van der Waals surface area contributed by atoms with Gasteiger partial charge in [0.25, 0.3) is 7.82 Å². The highest BCUT2D eigenvalue weighted by atomic mass is 31.2. The number of hydrogen-bond acceptors (Lipinski definition) is 6. The summed E-state index contributed by atoms with van der Waals surface area (Å²) in [4.78, 5) is 25.5. The fourth-order valence-electron chi connectivity index (χ4n) is 9.12. The second-order valence-corrected chi connectivity index (χ2v) is 24.1. The number of unbranched alkanes of at least 4 members (excludes halogenated alkanes) is 33. The zero-order valence-electron chi connectivity index (χ0n) is 50.4. The van der Waals surface area contributed by atoms with Crippen molar-refractivity contribution in [2.75, 3.05) is 40.9 Å². The van der Waals surface area contributed by atoms with Crippen molar-refractivity contribution in [3.8, 4) is 0 Å². The number of rotatable bonds is 58. The molecule has 0 radical (unpaired) electrons. The van der Waals surface area contributed by atoms with Crippen molar-refractivity contribution in [2.45, 2.75) is 296 Å². The van der Waals surface area contributed by atoms with Gasteiger partial charge in [-0.15, -0.1) is 0 Å². The molecule has 442 valence electrons. The summed E-state index contributed by atoms with van der Waals surface area (Å²) in [5.41, 5.74) is 0. The van der Waals surface area contributed by atoms with E-state index in [1.807, 2.05) is 27.2 Å². The van der Waals surface area contributed by atoms with E-state index in [0.29, 0.717) is 17.4 Å². The number of aliphatic hydroxyl groups is 1. The predicted molar refractivity (Wildman–Crippen MR) is 330 cm³/mol. The van der Waals surface area contributed by atoms with E-state index in [0.717, 1.165) is 70.6 Å². The molecule has 0 spiro atoms. The number of nitrogens with one attached hydrogen (secondary N) is 1. The summed E-state index contributed by atoms with van der Waals surface area (Å²) in [6.07, 6.45) is 81.3. The number of allylic oxidation sites excluding steroid dienone is 13. The first-order valence-corrected chi connectivity index (χ1v) is 33.4. The van der Waals surface area contributed by atoms with Crippen LogP contribution in [0.25, 0.3) is 0 Å². The molecule has 9 heteroatoms. The monoisotopic (exact) mass is 1080 g/mol. The van der Waals surface area contributed by atoms with Gasteiger partial charge in [0.15, 0.2) is 0 Å². The first kappa shape index (κ1) is 73.7. The Morgan fingerprint density at radius 2 is 0.816 bits per heavy atom. The second kappa shape index (κ2) is 57.4.